The lowest BCUT2D eigenvalue weighted by Crippen LogP contribution is -2.29. The van der Waals surface area contributed by atoms with Gasteiger partial charge in [0.25, 0.3) is 0 Å². The van der Waals surface area contributed by atoms with Crippen molar-refractivity contribution in [2.75, 3.05) is 18.5 Å². The first kappa shape index (κ1) is 13.5. The normalized spacial score (nSPS) is 12.1. The maximum Gasteiger partial charge on any atom is 0.308 e. The van der Waals surface area contributed by atoms with E-state index >= 15 is 0 Å². The smallest absolute Gasteiger partial charge is 0.308 e. The molecule has 100 valence electrons. The van der Waals surface area contributed by atoms with E-state index in [-0.39, 0.29) is 0 Å². The van der Waals surface area contributed by atoms with E-state index in [0.29, 0.717) is 12.4 Å². The molecule has 1 N–H and O–H groups in total. The number of hydrogen-bond acceptors (Lipinski definition) is 5. The summed E-state index contributed by atoms with van der Waals surface area (Å²) in [4.78, 5) is 22.4. The zero-order chi connectivity index (χ0) is 13.8. The van der Waals surface area contributed by atoms with Crippen molar-refractivity contribution in [3.8, 4) is 10.6 Å². The summed E-state index contributed by atoms with van der Waals surface area (Å²) in [6.07, 6.45) is 3.36. The van der Waals surface area contributed by atoms with Gasteiger partial charge in [-0.05, 0) is 11.4 Å². The first-order chi connectivity index (χ1) is 9.08. The Bertz CT molecular complexity index is 557. The summed E-state index contributed by atoms with van der Waals surface area (Å²) >= 11 is 1.60. The molecule has 0 aliphatic heterocycles. The molecular formula is C13H15N3O2S. The van der Waals surface area contributed by atoms with Gasteiger partial charge in [0.2, 0.25) is 0 Å². The van der Waals surface area contributed by atoms with E-state index in [9.17, 15) is 4.79 Å². The second-order valence-electron chi connectivity index (χ2n) is 4.36. The Morgan fingerprint density at radius 1 is 1.53 bits per heavy atom. The molecule has 1 unspecified atom stereocenters. The quantitative estimate of drug-likeness (QED) is 0.908. The lowest BCUT2D eigenvalue weighted by Gasteiger charge is -2.20. The van der Waals surface area contributed by atoms with Gasteiger partial charge in [-0.3, -0.25) is 9.78 Å². The Kier molecular flexibility index (Phi) is 4.11. The molecule has 5 nitrogen and oxygen atoms in total. The van der Waals surface area contributed by atoms with Crippen molar-refractivity contribution >= 4 is 23.1 Å². The Hall–Kier alpha value is -1.95. The van der Waals surface area contributed by atoms with Crippen molar-refractivity contribution in [1.29, 1.82) is 0 Å². The van der Waals surface area contributed by atoms with Gasteiger partial charge in [0.1, 0.15) is 11.5 Å². The van der Waals surface area contributed by atoms with E-state index in [4.69, 9.17) is 5.11 Å². The van der Waals surface area contributed by atoms with Gasteiger partial charge in [0, 0.05) is 13.6 Å². The van der Waals surface area contributed by atoms with Crippen molar-refractivity contribution in [1.82, 2.24) is 9.97 Å². The fraction of sp³-hybridized carbons (Fsp3) is 0.308. The number of thiophene rings is 1. The second-order valence-corrected chi connectivity index (χ2v) is 5.31. The summed E-state index contributed by atoms with van der Waals surface area (Å²) in [5.74, 6) is -0.578. The Balaban J connectivity index is 2.17. The standard InChI is InChI=1S/C13H15N3O2S/c1-9(13(17)18)8-16(2)12-7-14-6-10(15-12)11-4-3-5-19-11/h3-7,9H,8H2,1-2H3,(H,17,18). The molecule has 0 radical (unpaired) electrons. The average Bonchev–Trinajstić information content (AvgIpc) is 2.92. The highest BCUT2D eigenvalue weighted by Crippen LogP contribution is 2.23. The van der Waals surface area contributed by atoms with E-state index in [1.807, 2.05) is 29.5 Å². The van der Waals surface area contributed by atoms with Gasteiger partial charge in [-0.1, -0.05) is 13.0 Å². The van der Waals surface area contributed by atoms with Crippen LogP contribution >= 0.6 is 11.3 Å². The number of carboxylic acids is 1. The summed E-state index contributed by atoms with van der Waals surface area (Å²) in [6, 6.07) is 3.95. The molecule has 2 heterocycles. The van der Waals surface area contributed by atoms with Crippen molar-refractivity contribution < 1.29 is 9.90 Å². The van der Waals surface area contributed by atoms with E-state index in [1.165, 1.54) is 0 Å². The topological polar surface area (TPSA) is 66.3 Å². The van der Waals surface area contributed by atoms with Crippen molar-refractivity contribution in [3.05, 3.63) is 29.9 Å². The first-order valence-electron chi connectivity index (χ1n) is 5.88. The van der Waals surface area contributed by atoms with Crippen LogP contribution < -0.4 is 4.90 Å². The molecule has 0 aliphatic carbocycles. The van der Waals surface area contributed by atoms with Crippen LogP contribution in [-0.4, -0.2) is 34.6 Å². The number of aliphatic carboxylic acids is 1. The third-order valence-electron chi connectivity index (χ3n) is 2.76. The molecule has 2 aromatic heterocycles. The number of anilines is 1. The Morgan fingerprint density at radius 3 is 2.95 bits per heavy atom. The fourth-order valence-electron chi connectivity index (χ4n) is 1.67. The average molecular weight is 277 g/mol. The highest BCUT2D eigenvalue weighted by Gasteiger charge is 2.15. The summed E-state index contributed by atoms with van der Waals surface area (Å²) in [5, 5.41) is 10.9. The van der Waals surface area contributed by atoms with Gasteiger partial charge in [0.05, 0.1) is 23.2 Å². The molecular weight excluding hydrogens is 262 g/mol. The zero-order valence-corrected chi connectivity index (χ0v) is 11.6. The molecule has 6 heteroatoms. The molecule has 0 amide bonds. The predicted octanol–water partition coefficient (Wildman–Crippen LogP) is 2.36. The van der Waals surface area contributed by atoms with Crippen LogP contribution in [0.1, 0.15) is 6.92 Å². The molecule has 19 heavy (non-hydrogen) atoms. The lowest BCUT2D eigenvalue weighted by molar-refractivity contribution is -0.140. The van der Waals surface area contributed by atoms with E-state index in [1.54, 1.807) is 30.7 Å². The molecule has 2 aromatic rings. The lowest BCUT2D eigenvalue weighted by atomic mass is 10.2. The third-order valence-corrected chi connectivity index (χ3v) is 3.65. The van der Waals surface area contributed by atoms with Crippen LogP contribution in [0.4, 0.5) is 5.82 Å². The first-order valence-corrected chi connectivity index (χ1v) is 6.75. The Morgan fingerprint density at radius 2 is 2.32 bits per heavy atom. The van der Waals surface area contributed by atoms with Crippen LogP contribution in [0.25, 0.3) is 10.6 Å². The summed E-state index contributed by atoms with van der Waals surface area (Å²) in [5.41, 5.74) is 0.808. The van der Waals surface area contributed by atoms with Crippen LogP contribution in [0.5, 0.6) is 0 Å². The molecule has 1 atom stereocenters. The van der Waals surface area contributed by atoms with Crippen LogP contribution in [0, 0.1) is 5.92 Å². The zero-order valence-electron chi connectivity index (χ0n) is 10.8. The monoisotopic (exact) mass is 277 g/mol. The summed E-state index contributed by atoms with van der Waals surface area (Å²) in [6.45, 7) is 2.08. The minimum atomic E-state index is -0.811. The van der Waals surface area contributed by atoms with Gasteiger partial charge in [-0.25, -0.2) is 4.98 Å². The Labute approximate surface area is 115 Å². The van der Waals surface area contributed by atoms with Gasteiger partial charge in [0.15, 0.2) is 0 Å². The maximum atomic E-state index is 10.9. The van der Waals surface area contributed by atoms with E-state index in [0.717, 1.165) is 10.6 Å². The molecule has 0 saturated heterocycles. The molecule has 0 aromatic carbocycles. The van der Waals surface area contributed by atoms with Crippen molar-refractivity contribution in [2.24, 2.45) is 5.92 Å². The third kappa shape index (κ3) is 3.29. The fourth-order valence-corrected chi connectivity index (χ4v) is 2.35. The number of carbonyl (C=O) groups is 1. The van der Waals surface area contributed by atoms with Crippen LogP contribution in [0.3, 0.4) is 0 Å². The van der Waals surface area contributed by atoms with Crippen molar-refractivity contribution in [3.63, 3.8) is 0 Å². The highest BCUT2D eigenvalue weighted by atomic mass is 32.1. The van der Waals surface area contributed by atoms with Crippen LogP contribution in [0.15, 0.2) is 29.9 Å². The van der Waals surface area contributed by atoms with Gasteiger partial charge >= 0.3 is 5.97 Å². The summed E-state index contributed by atoms with van der Waals surface area (Å²) < 4.78 is 0. The molecule has 0 spiro atoms. The van der Waals surface area contributed by atoms with Gasteiger partial charge < -0.3 is 10.0 Å². The summed E-state index contributed by atoms with van der Waals surface area (Å²) in [7, 11) is 1.82. The van der Waals surface area contributed by atoms with Crippen molar-refractivity contribution in [2.45, 2.75) is 6.92 Å². The molecule has 2 rings (SSSR count). The largest absolute Gasteiger partial charge is 0.481 e. The van der Waals surface area contributed by atoms with Crippen LogP contribution in [-0.2, 0) is 4.79 Å². The number of carboxylic acid groups (broad SMARTS) is 1. The number of rotatable bonds is 5. The highest BCUT2D eigenvalue weighted by molar-refractivity contribution is 7.13. The number of hydrogen-bond donors (Lipinski definition) is 1. The van der Waals surface area contributed by atoms with Gasteiger partial charge in [-0.15, -0.1) is 11.3 Å². The van der Waals surface area contributed by atoms with E-state index < -0.39 is 11.9 Å². The number of aromatic nitrogens is 2. The molecule has 0 fully saturated rings. The van der Waals surface area contributed by atoms with Crippen LogP contribution in [0.2, 0.25) is 0 Å². The van der Waals surface area contributed by atoms with Gasteiger partial charge in [-0.2, -0.15) is 0 Å². The number of nitrogens with zero attached hydrogens (tertiary/aromatic N) is 3. The molecule has 0 bridgehead atoms. The minimum Gasteiger partial charge on any atom is -0.481 e. The molecule has 0 aliphatic rings. The second kappa shape index (κ2) is 5.79. The predicted molar refractivity (Wildman–Crippen MR) is 75.4 cm³/mol. The minimum absolute atomic E-state index is 0.401. The van der Waals surface area contributed by atoms with E-state index in [2.05, 4.69) is 9.97 Å². The maximum absolute atomic E-state index is 10.9. The molecule has 0 saturated carbocycles. The SMILES string of the molecule is CC(CN(C)c1cncc(-c2cccs2)n1)C(=O)O.